The fraction of sp³-hybridized carbons (Fsp3) is 0.545. The van der Waals surface area contributed by atoms with Crippen LogP contribution in [0.5, 0.6) is 0 Å². The fourth-order valence-electron chi connectivity index (χ4n) is 1.32. The van der Waals surface area contributed by atoms with Gasteiger partial charge in [0.25, 0.3) is 0 Å². The second-order valence-corrected chi connectivity index (χ2v) is 4.70. The Morgan fingerprint density at radius 3 is 2.83 bits per heavy atom. The lowest BCUT2D eigenvalue weighted by Crippen LogP contribution is -2.45. The zero-order valence-electron chi connectivity index (χ0n) is 10.6. The summed E-state index contributed by atoms with van der Waals surface area (Å²) in [7, 11) is 1.26. The van der Waals surface area contributed by atoms with Crippen molar-refractivity contribution in [3.63, 3.8) is 0 Å². The number of methoxy groups -OCH3 is 1. The molecule has 2 amide bonds. The predicted molar refractivity (Wildman–Crippen MR) is 68.6 cm³/mol. The average Bonchev–Trinajstić information content (AvgIpc) is 2.74. The van der Waals surface area contributed by atoms with Crippen LogP contribution in [0.1, 0.15) is 17.5 Å². The molecule has 0 unspecified atom stereocenters. The van der Waals surface area contributed by atoms with Crippen molar-refractivity contribution < 1.29 is 14.3 Å². The smallest absolute Gasteiger partial charge is 0.407 e. The maximum Gasteiger partial charge on any atom is 0.407 e. The molecule has 100 valence electrons. The number of rotatable bonds is 5. The van der Waals surface area contributed by atoms with E-state index in [0.29, 0.717) is 6.54 Å². The molecule has 0 fully saturated rings. The number of nitrogens with zero attached hydrogens (tertiary/aromatic N) is 1. The minimum atomic E-state index is -0.615. The largest absolute Gasteiger partial charge is 0.453 e. The van der Waals surface area contributed by atoms with E-state index in [1.165, 1.54) is 7.11 Å². The first kappa shape index (κ1) is 14.4. The lowest BCUT2D eigenvalue weighted by Gasteiger charge is -2.12. The predicted octanol–water partition coefficient (Wildman–Crippen LogP) is 0.855. The van der Waals surface area contributed by atoms with Gasteiger partial charge in [-0.2, -0.15) is 0 Å². The highest BCUT2D eigenvalue weighted by atomic mass is 32.1. The Kier molecular flexibility index (Phi) is 5.57. The minimum absolute atomic E-state index is 0.234. The summed E-state index contributed by atoms with van der Waals surface area (Å²) in [5.74, 6) is -0.234. The van der Waals surface area contributed by atoms with Gasteiger partial charge in [-0.25, -0.2) is 9.78 Å². The van der Waals surface area contributed by atoms with Crippen LogP contribution in [-0.2, 0) is 16.0 Å². The molecule has 0 aromatic carbocycles. The molecule has 1 atom stereocenters. The Bertz CT molecular complexity index is 419. The van der Waals surface area contributed by atoms with Crippen molar-refractivity contribution in [3.8, 4) is 0 Å². The second-order valence-electron chi connectivity index (χ2n) is 3.76. The number of aryl methyl sites for hydroxylation is 1. The van der Waals surface area contributed by atoms with E-state index in [4.69, 9.17) is 0 Å². The number of aromatic nitrogens is 1. The van der Waals surface area contributed by atoms with Crippen LogP contribution in [0, 0.1) is 6.92 Å². The van der Waals surface area contributed by atoms with Gasteiger partial charge in [-0.05, 0) is 13.8 Å². The van der Waals surface area contributed by atoms with Gasteiger partial charge in [0.2, 0.25) is 5.91 Å². The van der Waals surface area contributed by atoms with Gasteiger partial charge < -0.3 is 15.4 Å². The normalized spacial score (nSPS) is 11.7. The van der Waals surface area contributed by atoms with Crippen LogP contribution in [-0.4, -0.2) is 36.7 Å². The Balaban J connectivity index is 2.29. The Labute approximate surface area is 110 Å². The SMILES string of the molecule is COC(=O)N[C@@H](C)C(=O)NCCc1scnc1C. The number of hydrogen-bond acceptors (Lipinski definition) is 5. The molecule has 0 aliphatic carbocycles. The number of ether oxygens (including phenoxy) is 1. The molecule has 6 nitrogen and oxygen atoms in total. The van der Waals surface area contributed by atoms with Crippen LogP contribution >= 0.6 is 11.3 Å². The highest BCUT2D eigenvalue weighted by molar-refractivity contribution is 7.09. The highest BCUT2D eigenvalue weighted by Crippen LogP contribution is 2.11. The van der Waals surface area contributed by atoms with Crippen molar-refractivity contribution in [1.82, 2.24) is 15.6 Å². The zero-order chi connectivity index (χ0) is 13.5. The molecule has 0 saturated carbocycles. The van der Waals surface area contributed by atoms with E-state index >= 15 is 0 Å². The van der Waals surface area contributed by atoms with E-state index in [2.05, 4.69) is 20.4 Å². The summed E-state index contributed by atoms with van der Waals surface area (Å²) in [4.78, 5) is 27.8. The number of alkyl carbamates (subject to hydrolysis) is 1. The molecule has 2 N–H and O–H groups in total. The summed E-state index contributed by atoms with van der Waals surface area (Å²) in [6.45, 7) is 4.06. The first-order valence-corrected chi connectivity index (χ1v) is 6.43. The summed E-state index contributed by atoms with van der Waals surface area (Å²) < 4.78 is 4.41. The molecule has 0 spiro atoms. The molecule has 7 heteroatoms. The van der Waals surface area contributed by atoms with Gasteiger partial charge in [0.1, 0.15) is 6.04 Å². The topological polar surface area (TPSA) is 80.3 Å². The molecule has 1 aromatic heterocycles. The fourth-order valence-corrected chi connectivity index (χ4v) is 2.10. The number of hydrogen-bond donors (Lipinski definition) is 2. The number of carbonyl (C=O) groups excluding carboxylic acids is 2. The van der Waals surface area contributed by atoms with E-state index in [0.717, 1.165) is 17.0 Å². The third-order valence-electron chi connectivity index (χ3n) is 2.41. The highest BCUT2D eigenvalue weighted by Gasteiger charge is 2.15. The molecule has 1 aromatic rings. The molecule has 0 aliphatic heterocycles. The van der Waals surface area contributed by atoms with Crippen molar-refractivity contribution >= 4 is 23.3 Å². The monoisotopic (exact) mass is 271 g/mol. The van der Waals surface area contributed by atoms with E-state index < -0.39 is 12.1 Å². The third-order valence-corrected chi connectivity index (χ3v) is 3.40. The van der Waals surface area contributed by atoms with Crippen LogP contribution in [0.25, 0.3) is 0 Å². The summed E-state index contributed by atoms with van der Waals surface area (Å²) in [6.07, 6.45) is 0.128. The van der Waals surface area contributed by atoms with Crippen molar-refractivity contribution in [2.75, 3.05) is 13.7 Å². The molecule has 0 radical (unpaired) electrons. The van der Waals surface area contributed by atoms with Crippen molar-refractivity contribution in [2.45, 2.75) is 26.3 Å². The third kappa shape index (κ3) is 4.33. The van der Waals surface area contributed by atoms with Gasteiger partial charge in [-0.3, -0.25) is 4.79 Å². The quantitative estimate of drug-likeness (QED) is 0.832. The van der Waals surface area contributed by atoms with E-state index in [1.54, 1.807) is 23.8 Å². The summed E-state index contributed by atoms with van der Waals surface area (Å²) in [5, 5.41) is 5.15. The lowest BCUT2D eigenvalue weighted by molar-refractivity contribution is -0.122. The van der Waals surface area contributed by atoms with Crippen LogP contribution < -0.4 is 10.6 Å². The lowest BCUT2D eigenvalue weighted by atomic mass is 10.3. The van der Waals surface area contributed by atoms with Crippen molar-refractivity contribution in [1.29, 1.82) is 0 Å². The summed E-state index contributed by atoms with van der Waals surface area (Å²) in [6, 6.07) is -0.611. The first-order valence-electron chi connectivity index (χ1n) is 5.55. The maximum absolute atomic E-state index is 11.6. The Morgan fingerprint density at radius 2 is 2.28 bits per heavy atom. The summed E-state index contributed by atoms with van der Waals surface area (Å²) >= 11 is 1.57. The van der Waals surface area contributed by atoms with Crippen LogP contribution in [0.2, 0.25) is 0 Å². The van der Waals surface area contributed by atoms with Gasteiger partial charge in [-0.15, -0.1) is 11.3 Å². The first-order chi connectivity index (χ1) is 8.54. The minimum Gasteiger partial charge on any atom is -0.453 e. The molecular formula is C11H17N3O3S. The van der Waals surface area contributed by atoms with Gasteiger partial charge in [-0.1, -0.05) is 0 Å². The molecule has 0 aliphatic rings. The second kappa shape index (κ2) is 6.95. The van der Waals surface area contributed by atoms with Crippen LogP contribution in [0.15, 0.2) is 5.51 Å². The maximum atomic E-state index is 11.6. The molecule has 1 heterocycles. The van der Waals surface area contributed by atoms with Crippen molar-refractivity contribution in [3.05, 3.63) is 16.1 Å². The van der Waals surface area contributed by atoms with Crippen LogP contribution in [0.4, 0.5) is 4.79 Å². The standard InChI is InChI=1S/C11H17N3O3S/c1-7-9(18-6-13-7)4-5-12-10(15)8(2)14-11(16)17-3/h6,8H,4-5H2,1-3H3,(H,12,15)(H,14,16)/t8-/m0/s1. The van der Waals surface area contributed by atoms with E-state index in [1.807, 2.05) is 6.92 Å². The molecule has 0 saturated heterocycles. The number of thiazole rings is 1. The van der Waals surface area contributed by atoms with Gasteiger partial charge >= 0.3 is 6.09 Å². The molecular weight excluding hydrogens is 254 g/mol. The van der Waals surface area contributed by atoms with E-state index in [-0.39, 0.29) is 5.91 Å². The van der Waals surface area contributed by atoms with Crippen LogP contribution in [0.3, 0.4) is 0 Å². The average molecular weight is 271 g/mol. The molecule has 18 heavy (non-hydrogen) atoms. The van der Waals surface area contributed by atoms with E-state index in [9.17, 15) is 9.59 Å². The Hall–Kier alpha value is -1.63. The number of nitrogens with one attached hydrogen (secondary N) is 2. The van der Waals surface area contributed by atoms with Gasteiger partial charge in [0, 0.05) is 17.8 Å². The van der Waals surface area contributed by atoms with Crippen molar-refractivity contribution in [2.24, 2.45) is 0 Å². The van der Waals surface area contributed by atoms with Gasteiger partial charge in [0.05, 0.1) is 18.3 Å². The molecule has 0 bridgehead atoms. The number of amides is 2. The zero-order valence-corrected chi connectivity index (χ0v) is 11.5. The molecule has 1 rings (SSSR count). The Morgan fingerprint density at radius 1 is 1.56 bits per heavy atom. The number of carbonyl (C=O) groups is 2. The summed E-state index contributed by atoms with van der Waals surface area (Å²) in [5.41, 5.74) is 2.78. The van der Waals surface area contributed by atoms with Gasteiger partial charge in [0.15, 0.2) is 0 Å².